The molecule has 3 heteroatoms. The largest absolute Gasteiger partial charge is 0.308 e. The molecule has 1 atom stereocenters. The summed E-state index contributed by atoms with van der Waals surface area (Å²) in [4.78, 5) is 0. The first kappa shape index (κ1) is 14.0. The minimum absolute atomic E-state index is 0.347. The van der Waals surface area contributed by atoms with E-state index in [0.29, 0.717) is 6.04 Å². The van der Waals surface area contributed by atoms with Crippen molar-refractivity contribution in [1.29, 1.82) is 0 Å². The van der Waals surface area contributed by atoms with E-state index in [-0.39, 0.29) is 0 Å². The highest BCUT2D eigenvalue weighted by molar-refractivity contribution is 5.15. The van der Waals surface area contributed by atoms with E-state index in [1.807, 2.05) is 6.08 Å². The van der Waals surface area contributed by atoms with Crippen LogP contribution in [0.1, 0.15) is 51.0 Å². The molecule has 0 radical (unpaired) electrons. The van der Waals surface area contributed by atoms with Gasteiger partial charge in [-0.3, -0.25) is 4.68 Å². The van der Waals surface area contributed by atoms with Gasteiger partial charge in [0.05, 0.1) is 17.4 Å². The van der Waals surface area contributed by atoms with Crippen molar-refractivity contribution in [3.05, 3.63) is 30.1 Å². The number of hydrogen-bond donors (Lipinski definition) is 1. The van der Waals surface area contributed by atoms with Crippen molar-refractivity contribution in [2.45, 2.75) is 52.6 Å². The molecular weight excluding hydrogens is 210 g/mol. The summed E-state index contributed by atoms with van der Waals surface area (Å²) in [5, 5.41) is 8.17. The van der Waals surface area contributed by atoms with Gasteiger partial charge >= 0.3 is 0 Å². The second-order valence-corrected chi connectivity index (χ2v) is 4.26. The molecule has 96 valence electrons. The summed E-state index contributed by atoms with van der Waals surface area (Å²) in [6.45, 7) is 12.3. The van der Waals surface area contributed by atoms with Gasteiger partial charge in [0.15, 0.2) is 0 Å². The number of hydrogen-bond acceptors (Lipinski definition) is 2. The minimum atomic E-state index is 0.347. The fourth-order valence-corrected chi connectivity index (χ4v) is 1.99. The summed E-state index contributed by atoms with van der Waals surface area (Å²) in [6.07, 6.45) is 5.07. The van der Waals surface area contributed by atoms with Gasteiger partial charge in [0.25, 0.3) is 0 Å². The number of rotatable bonds is 8. The lowest BCUT2D eigenvalue weighted by Gasteiger charge is -2.17. The van der Waals surface area contributed by atoms with Crippen molar-refractivity contribution in [2.24, 2.45) is 0 Å². The Bertz CT molecular complexity index is 341. The van der Waals surface area contributed by atoms with E-state index >= 15 is 0 Å². The third-order valence-corrected chi connectivity index (χ3v) is 2.92. The standard InChI is InChI=1S/C14H25N3/c1-5-9-13(15-10-6-2)14-11-12(7-3)16-17(14)8-4/h5,11,13,15H,1,6-10H2,2-4H3. The van der Waals surface area contributed by atoms with Gasteiger partial charge in [-0.05, 0) is 38.8 Å². The van der Waals surface area contributed by atoms with Crippen LogP contribution in [-0.2, 0) is 13.0 Å². The number of nitrogens with zero attached hydrogens (tertiary/aromatic N) is 2. The van der Waals surface area contributed by atoms with Crippen molar-refractivity contribution >= 4 is 0 Å². The van der Waals surface area contributed by atoms with Crippen LogP contribution >= 0.6 is 0 Å². The third kappa shape index (κ3) is 3.70. The van der Waals surface area contributed by atoms with E-state index in [1.54, 1.807) is 0 Å². The van der Waals surface area contributed by atoms with Gasteiger partial charge in [-0.25, -0.2) is 0 Å². The van der Waals surface area contributed by atoms with Crippen LogP contribution < -0.4 is 5.32 Å². The van der Waals surface area contributed by atoms with Crippen molar-refractivity contribution in [3.8, 4) is 0 Å². The Hall–Kier alpha value is -1.09. The first-order chi connectivity index (χ1) is 8.26. The lowest BCUT2D eigenvalue weighted by molar-refractivity contribution is 0.484. The van der Waals surface area contributed by atoms with E-state index in [1.165, 1.54) is 11.4 Å². The van der Waals surface area contributed by atoms with E-state index in [9.17, 15) is 0 Å². The maximum absolute atomic E-state index is 4.60. The number of aromatic nitrogens is 2. The Morgan fingerprint density at radius 2 is 2.24 bits per heavy atom. The van der Waals surface area contributed by atoms with Crippen LogP contribution in [0.3, 0.4) is 0 Å². The normalized spacial score (nSPS) is 12.6. The zero-order chi connectivity index (χ0) is 12.7. The average molecular weight is 235 g/mol. The SMILES string of the molecule is C=CCC(NCCC)c1cc(CC)nn1CC. The first-order valence-electron chi connectivity index (χ1n) is 6.67. The highest BCUT2D eigenvalue weighted by Crippen LogP contribution is 2.19. The summed E-state index contributed by atoms with van der Waals surface area (Å²) in [5.74, 6) is 0. The maximum Gasteiger partial charge on any atom is 0.0625 e. The molecule has 1 unspecified atom stereocenters. The molecule has 0 amide bonds. The van der Waals surface area contributed by atoms with Crippen LogP contribution in [0, 0.1) is 0 Å². The molecule has 0 aliphatic rings. The summed E-state index contributed by atoms with van der Waals surface area (Å²) >= 11 is 0. The highest BCUT2D eigenvalue weighted by Gasteiger charge is 2.15. The third-order valence-electron chi connectivity index (χ3n) is 2.92. The van der Waals surface area contributed by atoms with E-state index < -0.39 is 0 Å². The second kappa shape index (κ2) is 7.28. The van der Waals surface area contributed by atoms with Crippen molar-refractivity contribution in [3.63, 3.8) is 0 Å². The molecule has 0 bridgehead atoms. The van der Waals surface area contributed by atoms with E-state index in [2.05, 4.69) is 48.5 Å². The number of nitrogens with one attached hydrogen (secondary N) is 1. The van der Waals surface area contributed by atoms with Gasteiger partial charge in [0.2, 0.25) is 0 Å². The number of aryl methyl sites for hydroxylation is 2. The van der Waals surface area contributed by atoms with Gasteiger partial charge in [0.1, 0.15) is 0 Å². The molecule has 1 heterocycles. The molecule has 3 nitrogen and oxygen atoms in total. The Morgan fingerprint density at radius 3 is 2.76 bits per heavy atom. The molecule has 0 saturated heterocycles. The summed E-state index contributed by atoms with van der Waals surface area (Å²) < 4.78 is 2.11. The smallest absolute Gasteiger partial charge is 0.0625 e. The molecule has 0 aliphatic heterocycles. The Labute approximate surface area is 105 Å². The van der Waals surface area contributed by atoms with Gasteiger partial charge in [-0.15, -0.1) is 6.58 Å². The Kier molecular flexibility index (Phi) is 5.98. The van der Waals surface area contributed by atoms with Gasteiger partial charge in [-0.2, -0.15) is 5.10 Å². The lowest BCUT2D eigenvalue weighted by Crippen LogP contribution is -2.24. The quantitative estimate of drug-likeness (QED) is 0.702. The molecule has 1 N–H and O–H groups in total. The molecule has 0 fully saturated rings. The zero-order valence-corrected chi connectivity index (χ0v) is 11.4. The van der Waals surface area contributed by atoms with Crippen LogP contribution in [-0.4, -0.2) is 16.3 Å². The molecule has 1 aromatic rings. The molecule has 0 spiro atoms. The predicted octanol–water partition coefficient (Wildman–Crippen LogP) is 3.08. The van der Waals surface area contributed by atoms with E-state index in [4.69, 9.17) is 0 Å². The lowest BCUT2D eigenvalue weighted by atomic mass is 10.1. The van der Waals surface area contributed by atoms with Crippen molar-refractivity contribution in [1.82, 2.24) is 15.1 Å². The summed E-state index contributed by atoms with van der Waals surface area (Å²) in [5.41, 5.74) is 2.46. The van der Waals surface area contributed by atoms with Crippen LogP contribution in [0.25, 0.3) is 0 Å². The Morgan fingerprint density at radius 1 is 1.47 bits per heavy atom. The monoisotopic (exact) mass is 235 g/mol. The van der Waals surface area contributed by atoms with Crippen LogP contribution in [0.15, 0.2) is 18.7 Å². The van der Waals surface area contributed by atoms with Crippen molar-refractivity contribution in [2.75, 3.05) is 6.54 Å². The van der Waals surface area contributed by atoms with Gasteiger partial charge in [-0.1, -0.05) is 19.9 Å². The van der Waals surface area contributed by atoms with Crippen molar-refractivity contribution < 1.29 is 0 Å². The Balaban J connectivity index is 2.90. The molecule has 1 rings (SSSR count). The molecule has 0 aliphatic carbocycles. The first-order valence-corrected chi connectivity index (χ1v) is 6.67. The van der Waals surface area contributed by atoms with E-state index in [0.717, 1.165) is 32.4 Å². The summed E-state index contributed by atoms with van der Waals surface area (Å²) in [7, 11) is 0. The van der Waals surface area contributed by atoms with Gasteiger partial charge < -0.3 is 5.32 Å². The molecule has 17 heavy (non-hydrogen) atoms. The second-order valence-electron chi connectivity index (χ2n) is 4.26. The minimum Gasteiger partial charge on any atom is -0.308 e. The van der Waals surface area contributed by atoms with Crippen LogP contribution in [0.4, 0.5) is 0 Å². The van der Waals surface area contributed by atoms with Gasteiger partial charge in [0, 0.05) is 6.54 Å². The molecular formula is C14H25N3. The molecule has 0 saturated carbocycles. The highest BCUT2D eigenvalue weighted by atomic mass is 15.3. The van der Waals surface area contributed by atoms with Crippen LogP contribution in [0.5, 0.6) is 0 Å². The van der Waals surface area contributed by atoms with Crippen LogP contribution in [0.2, 0.25) is 0 Å². The topological polar surface area (TPSA) is 29.9 Å². The molecule has 0 aromatic carbocycles. The maximum atomic E-state index is 4.60. The summed E-state index contributed by atoms with van der Waals surface area (Å²) in [6, 6.07) is 2.57. The average Bonchev–Trinajstić information content (AvgIpc) is 2.77. The fraction of sp³-hybridized carbons (Fsp3) is 0.643. The molecule has 1 aromatic heterocycles. The predicted molar refractivity (Wildman–Crippen MR) is 73.1 cm³/mol. The zero-order valence-electron chi connectivity index (χ0n) is 11.4. The fourth-order valence-electron chi connectivity index (χ4n) is 1.99.